The summed E-state index contributed by atoms with van der Waals surface area (Å²) in [6, 6.07) is 12.6. The summed E-state index contributed by atoms with van der Waals surface area (Å²) in [4.78, 5) is 33.8. The number of nitrogens with zero attached hydrogens (tertiary/aromatic N) is 5. The van der Waals surface area contributed by atoms with Crippen LogP contribution in [0.1, 0.15) is 48.4 Å². The number of benzene rings is 1. The lowest BCUT2D eigenvalue weighted by Gasteiger charge is -2.38. The fraction of sp³-hybridized carbons (Fsp3) is 0.467. The van der Waals surface area contributed by atoms with E-state index in [1.54, 1.807) is 9.47 Å². The van der Waals surface area contributed by atoms with Gasteiger partial charge in [0.15, 0.2) is 0 Å². The van der Waals surface area contributed by atoms with Gasteiger partial charge < -0.3 is 9.64 Å². The number of thioether (sulfide) groups is 1. The van der Waals surface area contributed by atoms with Crippen LogP contribution in [0.2, 0.25) is 0 Å². The third-order valence-electron chi connectivity index (χ3n) is 7.77. The van der Waals surface area contributed by atoms with Gasteiger partial charge in [0.25, 0.3) is 11.5 Å². The van der Waals surface area contributed by atoms with Gasteiger partial charge in [-0.2, -0.15) is 5.26 Å². The average Bonchev–Trinajstić information content (AvgIpc) is 3.57. The maximum absolute atomic E-state index is 13.5. The summed E-state index contributed by atoms with van der Waals surface area (Å²) < 4.78 is 8.00. The molecule has 0 aliphatic carbocycles. The van der Waals surface area contributed by atoms with Crippen molar-refractivity contribution in [3.8, 4) is 6.07 Å². The van der Waals surface area contributed by atoms with E-state index in [1.165, 1.54) is 17.3 Å². The molecule has 1 unspecified atom stereocenters. The lowest BCUT2D eigenvalue weighted by molar-refractivity contribution is -0.123. The number of nitriles is 1. The Kier molecular flexibility index (Phi) is 9.06. The van der Waals surface area contributed by atoms with E-state index in [0.717, 1.165) is 63.4 Å². The van der Waals surface area contributed by atoms with Crippen LogP contribution < -0.4 is 10.5 Å². The first-order chi connectivity index (χ1) is 19.4. The SMILES string of the molecule is CCCn1c(N2CCN(Cc3ccccc3)CC2)c(/C=C2\SC(=S)N(CC3CCCO3)C2=O)c(C)c(C#N)c1=O. The summed E-state index contributed by atoms with van der Waals surface area (Å²) >= 11 is 6.87. The molecule has 4 heterocycles. The van der Waals surface area contributed by atoms with Crippen LogP contribution in [0.15, 0.2) is 40.0 Å². The number of carbonyl (C=O) groups excluding carboxylic acids is 1. The van der Waals surface area contributed by atoms with Gasteiger partial charge in [0.1, 0.15) is 21.8 Å². The molecule has 1 aromatic carbocycles. The van der Waals surface area contributed by atoms with E-state index in [0.29, 0.717) is 34.5 Å². The zero-order valence-corrected chi connectivity index (χ0v) is 24.7. The number of thiocarbonyl (C=S) groups is 1. The van der Waals surface area contributed by atoms with E-state index in [1.807, 2.05) is 26.0 Å². The van der Waals surface area contributed by atoms with Gasteiger partial charge in [-0.05, 0) is 43.4 Å². The van der Waals surface area contributed by atoms with E-state index < -0.39 is 0 Å². The minimum atomic E-state index is -0.272. The highest BCUT2D eigenvalue weighted by Crippen LogP contribution is 2.36. The molecule has 5 rings (SSSR count). The van der Waals surface area contributed by atoms with Gasteiger partial charge in [0.05, 0.1) is 17.6 Å². The number of aromatic nitrogens is 1. The number of carbonyl (C=O) groups is 1. The Hall–Kier alpha value is -2.97. The first-order valence-corrected chi connectivity index (χ1v) is 15.2. The quantitative estimate of drug-likeness (QED) is 0.342. The maximum Gasteiger partial charge on any atom is 0.270 e. The molecule has 210 valence electrons. The molecule has 3 aliphatic rings. The molecule has 0 bridgehead atoms. The van der Waals surface area contributed by atoms with E-state index in [4.69, 9.17) is 17.0 Å². The smallest absolute Gasteiger partial charge is 0.270 e. The van der Waals surface area contributed by atoms with Crippen molar-refractivity contribution in [2.75, 3.05) is 44.2 Å². The Morgan fingerprint density at radius 2 is 1.93 bits per heavy atom. The Morgan fingerprint density at radius 3 is 2.58 bits per heavy atom. The van der Waals surface area contributed by atoms with Gasteiger partial charge in [-0.25, -0.2) is 0 Å². The molecule has 40 heavy (non-hydrogen) atoms. The molecule has 3 aliphatic heterocycles. The first kappa shape index (κ1) is 28.6. The summed E-state index contributed by atoms with van der Waals surface area (Å²) in [6.45, 7) is 9.54. The Morgan fingerprint density at radius 1 is 1.18 bits per heavy atom. The van der Waals surface area contributed by atoms with Gasteiger partial charge in [-0.3, -0.25) is 24.0 Å². The molecule has 8 nitrogen and oxygen atoms in total. The minimum absolute atomic E-state index is 0.00276. The highest BCUT2D eigenvalue weighted by atomic mass is 32.2. The van der Waals surface area contributed by atoms with Crippen LogP contribution in [-0.4, -0.2) is 70.0 Å². The summed E-state index contributed by atoms with van der Waals surface area (Å²) in [5.41, 5.74) is 2.48. The van der Waals surface area contributed by atoms with E-state index in [9.17, 15) is 14.9 Å². The van der Waals surface area contributed by atoms with Crippen molar-refractivity contribution >= 4 is 46.1 Å². The zero-order chi connectivity index (χ0) is 28.2. The molecular weight excluding hydrogens is 542 g/mol. The van der Waals surface area contributed by atoms with E-state index in [2.05, 4.69) is 40.1 Å². The van der Waals surface area contributed by atoms with Crippen LogP contribution in [0.3, 0.4) is 0 Å². The fourth-order valence-corrected chi connectivity index (χ4v) is 6.91. The standard InChI is InChI=1S/C30H35N5O3S2/c1-3-11-34-27(33-14-12-32(13-15-33)19-22-8-5-4-6-9-22)24(21(2)25(18-31)28(34)36)17-26-29(37)35(30(39)40-26)20-23-10-7-16-38-23/h4-6,8-9,17,23H,3,7,10-16,19-20H2,1-2H3/b26-17-. The predicted octanol–water partition coefficient (Wildman–Crippen LogP) is 4.14. The third-order valence-corrected chi connectivity index (χ3v) is 9.15. The average molecular weight is 578 g/mol. The molecule has 0 radical (unpaired) electrons. The van der Waals surface area contributed by atoms with Crippen LogP contribution >= 0.6 is 24.0 Å². The van der Waals surface area contributed by atoms with E-state index >= 15 is 0 Å². The number of pyridine rings is 1. The lowest BCUT2D eigenvalue weighted by Crippen LogP contribution is -2.48. The van der Waals surface area contributed by atoms with Crippen LogP contribution in [0.5, 0.6) is 0 Å². The molecule has 1 atom stereocenters. The van der Waals surface area contributed by atoms with Gasteiger partial charge in [-0.1, -0.05) is 61.2 Å². The van der Waals surface area contributed by atoms with Crippen LogP contribution in [0, 0.1) is 18.3 Å². The molecule has 1 aromatic heterocycles. The van der Waals surface area contributed by atoms with Crippen molar-refractivity contribution in [2.45, 2.75) is 52.3 Å². The number of rotatable bonds is 8. The largest absolute Gasteiger partial charge is 0.376 e. The third kappa shape index (κ3) is 5.88. The molecule has 0 spiro atoms. The van der Waals surface area contributed by atoms with Crippen LogP contribution in [-0.2, 0) is 22.6 Å². The van der Waals surface area contributed by atoms with Crippen molar-refractivity contribution in [3.63, 3.8) is 0 Å². The highest BCUT2D eigenvalue weighted by Gasteiger charge is 2.35. The number of hydrogen-bond acceptors (Lipinski definition) is 8. The highest BCUT2D eigenvalue weighted by molar-refractivity contribution is 8.26. The van der Waals surface area contributed by atoms with Crippen molar-refractivity contribution in [1.82, 2.24) is 14.4 Å². The molecular formula is C30H35N5O3S2. The summed E-state index contributed by atoms with van der Waals surface area (Å²) in [5, 5.41) is 9.93. The number of amides is 1. The fourth-order valence-electron chi connectivity index (χ4n) is 5.66. The van der Waals surface area contributed by atoms with Gasteiger partial charge in [-0.15, -0.1) is 0 Å². The Labute approximate surface area is 245 Å². The summed E-state index contributed by atoms with van der Waals surface area (Å²) in [7, 11) is 0. The van der Waals surface area contributed by atoms with Gasteiger partial charge >= 0.3 is 0 Å². The topological polar surface area (TPSA) is 81.8 Å². The van der Waals surface area contributed by atoms with Crippen molar-refractivity contribution in [3.05, 3.63) is 67.8 Å². The molecule has 2 aromatic rings. The Balaban J connectivity index is 1.48. The van der Waals surface area contributed by atoms with Gasteiger partial charge in [0.2, 0.25) is 0 Å². The van der Waals surface area contributed by atoms with E-state index in [-0.39, 0.29) is 23.1 Å². The minimum Gasteiger partial charge on any atom is -0.376 e. The van der Waals surface area contributed by atoms with Crippen LogP contribution in [0.4, 0.5) is 5.82 Å². The second-order valence-corrected chi connectivity index (χ2v) is 12.2. The predicted molar refractivity (Wildman–Crippen MR) is 163 cm³/mol. The monoisotopic (exact) mass is 577 g/mol. The first-order valence-electron chi connectivity index (χ1n) is 14.0. The molecule has 3 fully saturated rings. The van der Waals surface area contributed by atoms with Crippen molar-refractivity contribution in [1.29, 1.82) is 5.26 Å². The van der Waals surface area contributed by atoms with Crippen molar-refractivity contribution < 1.29 is 9.53 Å². The second-order valence-electron chi connectivity index (χ2n) is 10.5. The normalized spacial score (nSPS) is 21.0. The van der Waals surface area contributed by atoms with Gasteiger partial charge in [0, 0.05) is 51.4 Å². The summed E-state index contributed by atoms with van der Waals surface area (Å²) in [6.07, 6.45) is 4.51. The number of piperazine rings is 1. The molecule has 0 N–H and O–H groups in total. The lowest BCUT2D eigenvalue weighted by atomic mass is 10.0. The summed E-state index contributed by atoms with van der Waals surface area (Å²) in [5.74, 6) is 0.641. The molecule has 1 amide bonds. The number of anilines is 1. The number of hydrogen-bond donors (Lipinski definition) is 0. The molecule has 10 heteroatoms. The zero-order valence-electron chi connectivity index (χ0n) is 23.1. The van der Waals surface area contributed by atoms with Crippen molar-refractivity contribution in [2.24, 2.45) is 0 Å². The number of ether oxygens (including phenoxy) is 1. The second kappa shape index (κ2) is 12.7. The molecule has 0 saturated carbocycles. The maximum atomic E-state index is 13.5. The Bertz CT molecular complexity index is 1400. The van der Waals surface area contributed by atoms with Crippen LogP contribution in [0.25, 0.3) is 6.08 Å². The molecule has 3 saturated heterocycles.